The molecule has 0 bridgehead atoms. The lowest BCUT2D eigenvalue weighted by molar-refractivity contribution is -0.129. The molecule has 2 atom stereocenters. The van der Waals surface area contributed by atoms with E-state index in [1.54, 1.807) is 7.11 Å². The highest BCUT2D eigenvalue weighted by Gasteiger charge is 2.46. The number of carbonyl (C=O) groups is 1. The maximum Gasteiger partial charge on any atom is 0.223 e. The fraction of sp³-hybridized carbons (Fsp3) is 0.458. The minimum absolute atomic E-state index is 0.0846. The second kappa shape index (κ2) is 8.56. The number of hydrogen-bond acceptors (Lipinski definition) is 4. The zero-order valence-electron chi connectivity index (χ0n) is 17.3. The van der Waals surface area contributed by atoms with Gasteiger partial charge in [0.1, 0.15) is 5.75 Å². The van der Waals surface area contributed by atoms with Gasteiger partial charge in [-0.2, -0.15) is 0 Å². The second-order valence-corrected chi connectivity index (χ2v) is 8.40. The summed E-state index contributed by atoms with van der Waals surface area (Å²) in [5, 5.41) is 0. The first-order valence-electron chi connectivity index (χ1n) is 10.4. The van der Waals surface area contributed by atoms with Crippen LogP contribution in [0, 0.1) is 5.41 Å². The van der Waals surface area contributed by atoms with E-state index in [1.807, 2.05) is 35.2 Å². The molecule has 2 saturated heterocycles. The standard InChI is InChI=1S/C24H30N2O3/c1-19(21-6-4-3-5-7-21)26-17-24(14-23(26)27)16-25(12-13-29-18-24)15-20-8-10-22(28-2)11-9-20/h3-11,19H,12-18H2,1-2H3/t19-,24-/m1/s1. The maximum absolute atomic E-state index is 12.9. The van der Waals surface area contributed by atoms with Crippen molar-refractivity contribution in [1.82, 2.24) is 9.80 Å². The van der Waals surface area contributed by atoms with Crippen molar-refractivity contribution in [3.8, 4) is 5.75 Å². The first kappa shape index (κ1) is 19.9. The Hall–Kier alpha value is -2.37. The van der Waals surface area contributed by atoms with Crippen LogP contribution in [0.4, 0.5) is 0 Å². The van der Waals surface area contributed by atoms with Crippen molar-refractivity contribution in [2.75, 3.05) is 40.0 Å². The van der Waals surface area contributed by atoms with Crippen LogP contribution in [0.5, 0.6) is 5.75 Å². The molecular formula is C24H30N2O3. The van der Waals surface area contributed by atoms with Crippen LogP contribution in [0.25, 0.3) is 0 Å². The number of amides is 1. The Morgan fingerprint density at radius 3 is 2.59 bits per heavy atom. The molecule has 1 amide bonds. The van der Waals surface area contributed by atoms with Gasteiger partial charge in [-0.3, -0.25) is 9.69 Å². The van der Waals surface area contributed by atoms with Gasteiger partial charge in [-0.25, -0.2) is 0 Å². The summed E-state index contributed by atoms with van der Waals surface area (Å²) in [6, 6.07) is 18.6. The van der Waals surface area contributed by atoms with E-state index in [-0.39, 0.29) is 17.4 Å². The third kappa shape index (κ3) is 4.46. The highest BCUT2D eigenvalue weighted by atomic mass is 16.5. The minimum Gasteiger partial charge on any atom is -0.497 e. The predicted octanol–water partition coefficient (Wildman–Crippen LogP) is 3.51. The fourth-order valence-corrected chi connectivity index (χ4v) is 4.60. The highest BCUT2D eigenvalue weighted by molar-refractivity contribution is 5.80. The molecule has 2 heterocycles. The SMILES string of the molecule is COc1ccc(CN2CCOC[C@]3(CC(=O)N([C@H](C)c4ccccc4)C3)C2)cc1. The molecule has 0 N–H and O–H groups in total. The number of likely N-dealkylation sites (tertiary alicyclic amines) is 1. The van der Waals surface area contributed by atoms with Gasteiger partial charge >= 0.3 is 0 Å². The van der Waals surface area contributed by atoms with Crippen LogP contribution in [0.2, 0.25) is 0 Å². The lowest BCUT2D eigenvalue weighted by Crippen LogP contribution is -2.40. The number of methoxy groups -OCH3 is 1. The van der Waals surface area contributed by atoms with Crippen LogP contribution in [-0.4, -0.2) is 55.7 Å². The van der Waals surface area contributed by atoms with E-state index >= 15 is 0 Å². The Bertz CT molecular complexity index is 824. The average Bonchev–Trinajstić information content (AvgIpc) is 2.94. The van der Waals surface area contributed by atoms with Gasteiger partial charge < -0.3 is 14.4 Å². The number of benzene rings is 2. The zero-order chi connectivity index (χ0) is 20.3. The summed E-state index contributed by atoms with van der Waals surface area (Å²) < 4.78 is 11.2. The normalized spacial score (nSPS) is 23.9. The van der Waals surface area contributed by atoms with Gasteiger partial charge in [0.15, 0.2) is 0 Å². The third-order valence-electron chi connectivity index (χ3n) is 6.19. The number of ether oxygens (including phenoxy) is 2. The van der Waals surface area contributed by atoms with Crippen molar-refractivity contribution in [1.29, 1.82) is 0 Å². The molecule has 0 aliphatic carbocycles. The molecule has 0 saturated carbocycles. The second-order valence-electron chi connectivity index (χ2n) is 8.40. The van der Waals surface area contributed by atoms with Gasteiger partial charge in [0.2, 0.25) is 5.91 Å². The quantitative estimate of drug-likeness (QED) is 0.778. The smallest absolute Gasteiger partial charge is 0.223 e. The van der Waals surface area contributed by atoms with Crippen molar-refractivity contribution in [2.24, 2.45) is 5.41 Å². The van der Waals surface area contributed by atoms with Crippen LogP contribution in [0.1, 0.15) is 30.5 Å². The molecule has 154 valence electrons. The molecule has 0 unspecified atom stereocenters. The Morgan fingerprint density at radius 1 is 1.10 bits per heavy atom. The van der Waals surface area contributed by atoms with E-state index in [2.05, 4.69) is 36.1 Å². The minimum atomic E-state index is -0.136. The van der Waals surface area contributed by atoms with Gasteiger partial charge in [-0.15, -0.1) is 0 Å². The maximum atomic E-state index is 12.9. The van der Waals surface area contributed by atoms with Crippen LogP contribution in [-0.2, 0) is 16.1 Å². The monoisotopic (exact) mass is 394 g/mol. The Balaban J connectivity index is 1.47. The summed E-state index contributed by atoms with van der Waals surface area (Å²) in [5.74, 6) is 1.10. The molecule has 5 heteroatoms. The zero-order valence-corrected chi connectivity index (χ0v) is 17.3. The average molecular weight is 395 g/mol. The number of carbonyl (C=O) groups excluding carboxylic acids is 1. The van der Waals surface area contributed by atoms with Crippen molar-refractivity contribution in [3.05, 3.63) is 65.7 Å². The molecule has 2 aromatic carbocycles. The first-order valence-corrected chi connectivity index (χ1v) is 10.4. The van der Waals surface area contributed by atoms with Gasteiger partial charge in [0, 0.05) is 38.0 Å². The molecule has 1 spiro atoms. The third-order valence-corrected chi connectivity index (χ3v) is 6.19. The topological polar surface area (TPSA) is 42.0 Å². The molecule has 2 aromatic rings. The summed E-state index contributed by atoms with van der Waals surface area (Å²) >= 11 is 0. The van der Waals surface area contributed by atoms with E-state index in [9.17, 15) is 4.79 Å². The van der Waals surface area contributed by atoms with Crippen LogP contribution < -0.4 is 4.74 Å². The van der Waals surface area contributed by atoms with Crippen molar-refractivity contribution >= 4 is 5.91 Å². The van der Waals surface area contributed by atoms with Gasteiger partial charge in [0.25, 0.3) is 0 Å². The summed E-state index contributed by atoms with van der Waals surface area (Å²) in [4.78, 5) is 17.4. The van der Waals surface area contributed by atoms with E-state index in [0.717, 1.165) is 31.9 Å². The largest absolute Gasteiger partial charge is 0.497 e. The van der Waals surface area contributed by atoms with E-state index in [4.69, 9.17) is 9.47 Å². The molecule has 2 aliphatic rings. The predicted molar refractivity (Wildman–Crippen MR) is 113 cm³/mol. The van der Waals surface area contributed by atoms with Gasteiger partial charge in [0.05, 0.1) is 26.4 Å². The van der Waals surface area contributed by atoms with Crippen LogP contribution in [0.3, 0.4) is 0 Å². The van der Waals surface area contributed by atoms with Crippen molar-refractivity contribution < 1.29 is 14.3 Å². The van der Waals surface area contributed by atoms with E-state index in [0.29, 0.717) is 19.6 Å². The summed E-state index contributed by atoms with van der Waals surface area (Å²) in [6.07, 6.45) is 0.559. The highest BCUT2D eigenvalue weighted by Crippen LogP contribution is 2.38. The van der Waals surface area contributed by atoms with Crippen molar-refractivity contribution in [3.63, 3.8) is 0 Å². The molecule has 0 aromatic heterocycles. The summed E-state index contributed by atoms with van der Waals surface area (Å²) in [7, 11) is 1.68. The molecule has 2 aliphatic heterocycles. The Kier molecular flexibility index (Phi) is 5.88. The van der Waals surface area contributed by atoms with E-state index < -0.39 is 0 Å². The van der Waals surface area contributed by atoms with Gasteiger partial charge in [-0.05, 0) is 30.2 Å². The fourth-order valence-electron chi connectivity index (χ4n) is 4.60. The Morgan fingerprint density at radius 2 is 1.86 bits per heavy atom. The van der Waals surface area contributed by atoms with E-state index in [1.165, 1.54) is 11.1 Å². The Labute approximate surface area is 173 Å². The van der Waals surface area contributed by atoms with Crippen LogP contribution >= 0.6 is 0 Å². The lowest BCUT2D eigenvalue weighted by atomic mass is 9.87. The molecule has 5 nitrogen and oxygen atoms in total. The summed E-state index contributed by atoms with van der Waals surface area (Å²) in [6.45, 7) is 6.85. The number of hydrogen-bond donors (Lipinski definition) is 0. The van der Waals surface area contributed by atoms with Crippen LogP contribution in [0.15, 0.2) is 54.6 Å². The molecular weight excluding hydrogens is 364 g/mol. The van der Waals surface area contributed by atoms with Crippen molar-refractivity contribution in [2.45, 2.75) is 25.9 Å². The summed E-state index contributed by atoms with van der Waals surface area (Å²) in [5.41, 5.74) is 2.30. The number of nitrogens with zero attached hydrogens (tertiary/aromatic N) is 2. The number of rotatable bonds is 5. The molecule has 4 rings (SSSR count). The molecule has 2 fully saturated rings. The first-order chi connectivity index (χ1) is 14.1. The van der Waals surface area contributed by atoms with Gasteiger partial charge in [-0.1, -0.05) is 42.5 Å². The molecule has 0 radical (unpaired) electrons. The molecule has 29 heavy (non-hydrogen) atoms. The lowest BCUT2D eigenvalue weighted by Gasteiger charge is -2.33.